The van der Waals surface area contributed by atoms with E-state index in [2.05, 4.69) is 5.32 Å². The molecule has 0 atom stereocenters. The summed E-state index contributed by atoms with van der Waals surface area (Å²) in [4.78, 5) is 11.9. The highest BCUT2D eigenvalue weighted by Crippen LogP contribution is 2.26. The maximum Gasteiger partial charge on any atom is 0.335 e. The topological polar surface area (TPSA) is 38.3 Å². The summed E-state index contributed by atoms with van der Waals surface area (Å²) < 4.78 is 5.16. The van der Waals surface area contributed by atoms with Gasteiger partial charge in [-0.25, -0.2) is 4.79 Å². The second-order valence-corrected chi connectivity index (χ2v) is 5.36. The number of ether oxygens (including phenoxy) is 1. The molecule has 18 heavy (non-hydrogen) atoms. The molecule has 2 rings (SSSR count). The third-order valence-electron chi connectivity index (χ3n) is 3.97. The van der Waals surface area contributed by atoms with Crippen LogP contribution in [-0.2, 0) is 9.53 Å². The first kappa shape index (κ1) is 13.4. The molecule has 0 aromatic heterocycles. The fraction of sp³-hybridized carbons (Fsp3) is 0.800. The van der Waals surface area contributed by atoms with Gasteiger partial charge < -0.3 is 10.1 Å². The zero-order valence-electron chi connectivity index (χ0n) is 11.5. The van der Waals surface area contributed by atoms with Crippen molar-refractivity contribution in [2.45, 2.75) is 70.8 Å². The molecule has 0 spiro atoms. The van der Waals surface area contributed by atoms with Crippen molar-refractivity contribution in [1.29, 1.82) is 0 Å². The molecule has 0 unspecified atom stereocenters. The second kappa shape index (κ2) is 6.81. The molecule has 102 valence electrons. The molecule has 2 aliphatic rings. The van der Waals surface area contributed by atoms with Gasteiger partial charge in [0.1, 0.15) is 0 Å². The summed E-state index contributed by atoms with van der Waals surface area (Å²) in [6.45, 7) is 2.34. The Morgan fingerprint density at radius 3 is 2.61 bits per heavy atom. The fourth-order valence-corrected chi connectivity index (χ4v) is 3.00. The van der Waals surface area contributed by atoms with Crippen LogP contribution in [0.4, 0.5) is 0 Å². The fourth-order valence-electron chi connectivity index (χ4n) is 3.00. The minimum absolute atomic E-state index is 0.101. The average Bonchev–Trinajstić information content (AvgIpc) is 2.41. The number of esters is 1. The van der Waals surface area contributed by atoms with E-state index in [1.165, 1.54) is 44.2 Å². The molecule has 0 radical (unpaired) electrons. The first-order chi connectivity index (χ1) is 8.81. The quantitative estimate of drug-likeness (QED) is 0.779. The Morgan fingerprint density at radius 1 is 1.17 bits per heavy atom. The van der Waals surface area contributed by atoms with Crippen LogP contribution in [0.2, 0.25) is 0 Å². The number of hydrogen-bond donors (Lipinski definition) is 1. The number of carbonyl (C=O) groups is 1. The van der Waals surface area contributed by atoms with Crippen LogP contribution >= 0.6 is 0 Å². The Kier molecular flexibility index (Phi) is 5.09. The summed E-state index contributed by atoms with van der Waals surface area (Å²) in [6.07, 6.45) is 10.7. The molecule has 3 nitrogen and oxygen atoms in total. The summed E-state index contributed by atoms with van der Waals surface area (Å²) in [5, 5.41) is 3.63. The number of nitrogens with one attached hydrogen (secondary N) is 1. The van der Waals surface area contributed by atoms with Gasteiger partial charge in [0.25, 0.3) is 0 Å². The van der Waals surface area contributed by atoms with Gasteiger partial charge in [-0.05, 0) is 45.4 Å². The van der Waals surface area contributed by atoms with Crippen LogP contribution < -0.4 is 5.32 Å². The van der Waals surface area contributed by atoms with Crippen LogP contribution in [0.1, 0.15) is 64.7 Å². The molecule has 1 fully saturated rings. The van der Waals surface area contributed by atoms with E-state index in [-0.39, 0.29) is 5.97 Å². The normalized spacial score (nSPS) is 21.8. The molecule has 1 N–H and O–H groups in total. The van der Waals surface area contributed by atoms with Gasteiger partial charge in [0.05, 0.1) is 12.2 Å². The lowest BCUT2D eigenvalue weighted by atomic mass is 9.92. The third kappa shape index (κ3) is 3.50. The summed E-state index contributed by atoms with van der Waals surface area (Å²) in [5.74, 6) is -0.101. The Bertz CT molecular complexity index is 316. The number of hydrogen-bond acceptors (Lipinski definition) is 3. The minimum atomic E-state index is -0.101. The van der Waals surface area contributed by atoms with Crippen molar-refractivity contribution >= 4 is 5.97 Å². The van der Waals surface area contributed by atoms with E-state index in [9.17, 15) is 4.79 Å². The Labute approximate surface area is 110 Å². The van der Waals surface area contributed by atoms with Gasteiger partial charge in [-0.2, -0.15) is 0 Å². The van der Waals surface area contributed by atoms with Gasteiger partial charge in [0.15, 0.2) is 0 Å². The van der Waals surface area contributed by atoms with E-state index in [0.29, 0.717) is 12.6 Å². The second-order valence-electron chi connectivity index (χ2n) is 5.36. The van der Waals surface area contributed by atoms with Crippen LogP contribution in [-0.4, -0.2) is 18.6 Å². The minimum Gasteiger partial charge on any atom is -0.463 e. The van der Waals surface area contributed by atoms with Gasteiger partial charge >= 0.3 is 5.97 Å². The number of rotatable bonds is 4. The van der Waals surface area contributed by atoms with E-state index in [1.54, 1.807) is 0 Å². The highest BCUT2D eigenvalue weighted by atomic mass is 16.5. The monoisotopic (exact) mass is 251 g/mol. The van der Waals surface area contributed by atoms with Crippen LogP contribution in [0.15, 0.2) is 11.3 Å². The van der Waals surface area contributed by atoms with Gasteiger partial charge in [0.2, 0.25) is 0 Å². The summed E-state index contributed by atoms with van der Waals surface area (Å²) >= 11 is 0. The number of allylic oxidation sites excluding steroid dienone is 1. The molecule has 0 heterocycles. The van der Waals surface area contributed by atoms with E-state index in [4.69, 9.17) is 4.74 Å². The van der Waals surface area contributed by atoms with Crippen LogP contribution in [0.3, 0.4) is 0 Å². The highest BCUT2D eigenvalue weighted by Gasteiger charge is 2.22. The maximum atomic E-state index is 11.9. The molecule has 0 saturated heterocycles. The van der Waals surface area contributed by atoms with Crippen molar-refractivity contribution in [2.24, 2.45) is 0 Å². The third-order valence-corrected chi connectivity index (χ3v) is 3.97. The lowest BCUT2D eigenvalue weighted by Gasteiger charge is -2.28. The van der Waals surface area contributed by atoms with Crippen molar-refractivity contribution in [2.75, 3.05) is 6.61 Å². The Morgan fingerprint density at radius 2 is 1.89 bits per heavy atom. The smallest absolute Gasteiger partial charge is 0.335 e. The first-order valence-corrected chi connectivity index (χ1v) is 7.47. The van der Waals surface area contributed by atoms with E-state index < -0.39 is 0 Å². The van der Waals surface area contributed by atoms with E-state index >= 15 is 0 Å². The Balaban J connectivity index is 2.02. The highest BCUT2D eigenvalue weighted by molar-refractivity contribution is 5.89. The predicted molar refractivity (Wildman–Crippen MR) is 72.1 cm³/mol. The summed E-state index contributed by atoms with van der Waals surface area (Å²) in [5.41, 5.74) is 2.08. The van der Waals surface area contributed by atoms with Crippen molar-refractivity contribution in [3.8, 4) is 0 Å². The number of carbonyl (C=O) groups excluding carboxylic acids is 1. The molecule has 0 aromatic rings. The largest absolute Gasteiger partial charge is 0.463 e. The van der Waals surface area contributed by atoms with Gasteiger partial charge in [-0.1, -0.05) is 19.3 Å². The van der Waals surface area contributed by atoms with Crippen LogP contribution in [0, 0.1) is 0 Å². The molecule has 0 amide bonds. The first-order valence-electron chi connectivity index (χ1n) is 7.47. The van der Waals surface area contributed by atoms with Crippen LogP contribution in [0.25, 0.3) is 0 Å². The van der Waals surface area contributed by atoms with Crippen LogP contribution in [0.5, 0.6) is 0 Å². The SMILES string of the molecule is CCOC(=O)C1=C(NC2CCCCC2)CCCC1. The lowest BCUT2D eigenvalue weighted by Crippen LogP contribution is -2.33. The molecule has 0 aromatic carbocycles. The van der Waals surface area contributed by atoms with E-state index in [1.807, 2.05) is 6.92 Å². The van der Waals surface area contributed by atoms with Gasteiger partial charge in [-0.3, -0.25) is 0 Å². The van der Waals surface area contributed by atoms with Crippen molar-refractivity contribution in [3.63, 3.8) is 0 Å². The molecule has 0 bridgehead atoms. The van der Waals surface area contributed by atoms with Crippen molar-refractivity contribution in [1.82, 2.24) is 5.32 Å². The molecular weight excluding hydrogens is 226 g/mol. The van der Waals surface area contributed by atoms with E-state index in [0.717, 1.165) is 24.8 Å². The van der Waals surface area contributed by atoms with Gasteiger partial charge in [0, 0.05) is 11.7 Å². The zero-order chi connectivity index (χ0) is 12.8. The molecule has 0 aliphatic heterocycles. The van der Waals surface area contributed by atoms with Crippen molar-refractivity contribution < 1.29 is 9.53 Å². The van der Waals surface area contributed by atoms with Gasteiger partial charge in [-0.15, -0.1) is 0 Å². The average molecular weight is 251 g/mol. The Hall–Kier alpha value is -0.990. The summed E-state index contributed by atoms with van der Waals surface area (Å²) in [6, 6.07) is 0.580. The lowest BCUT2D eigenvalue weighted by molar-refractivity contribution is -0.138. The zero-order valence-corrected chi connectivity index (χ0v) is 11.5. The maximum absolute atomic E-state index is 11.9. The molecule has 1 saturated carbocycles. The predicted octanol–water partition coefficient (Wildman–Crippen LogP) is 3.30. The van der Waals surface area contributed by atoms with Crippen molar-refractivity contribution in [3.05, 3.63) is 11.3 Å². The molecule has 3 heteroatoms. The molecular formula is C15H25NO2. The standard InChI is InChI=1S/C15H25NO2/c1-2-18-15(17)13-10-6-7-11-14(13)16-12-8-4-3-5-9-12/h12,16H,2-11H2,1H3. The summed E-state index contributed by atoms with van der Waals surface area (Å²) in [7, 11) is 0. The molecule has 2 aliphatic carbocycles.